The summed E-state index contributed by atoms with van der Waals surface area (Å²) in [4.78, 5) is 1.93. The van der Waals surface area contributed by atoms with Crippen molar-refractivity contribution in [3.63, 3.8) is 0 Å². The molecule has 28 nitrogen and oxygen atoms in total. The number of sulfonamides is 8. The number of sulfone groups is 2. The Morgan fingerprint density at radius 3 is 0.648 bits per heavy atom. The van der Waals surface area contributed by atoms with Crippen LogP contribution >= 0.6 is 0 Å². The van der Waals surface area contributed by atoms with Crippen molar-refractivity contribution < 1.29 is 84.2 Å². The molecule has 0 aliphatic carbocycles. The lowest BCUT2D eigenvalue weighted by atomic mass is 9.98. The van der Waals surface area contributed by atoms with Crippen LogP contribution in [0.1, 0.15) is 368 Å². The minimum absolute atomic E-state index is 0. The number of hydrogen-bond acceptors (Lipinski definition) is 20. The molecule has 0 atom stereocenters. The van der Waals surface area contributed by atoms with E-state index >= 15 is 0 Å². The van der Waals surface area contributed by atoms with Gasteiger partial charge in [-0.3, -0.25) is 0 Å². The molecule has 0 heterocycles. The van der Waals surface area contributed by atoms with E-state index in [1.807, 2.05) is 266 Å². The molecule has 0 aromatic heterocycles. The first kappa shape index (κ1) is 150. The van der Waals surface area contributed by atoms with E-state index in [0.29, 0.717) is 57.0 Å². The summed E-state index contributed by atoms with van der Waals surface area (Å²) < 4.78 is 253. The zero-order valence-electron chi connectivity index (χ0n) is 93.2. The van der Waals surface area contributed by atoms with Crippen LogP contribution in [-0.4, -0.2) is 173 Å². The second-order valence-corrected chi connectivity index (χ2v) is 62.2. The zero-order chi connectivity index (χ0) is 111. The van der Waals surface area contributed by atoms with Gasteiger partial charge in [0.05, 0.1) is 64.7 Å². The number of nitrogens with one attached hydrogen (secondary N) is 8. The predicted molar refractivity (Wildman–Crippen MR) is 604 cm³/mol. The number of aryl methyl sites for hydroxylation is 10. The molecule has 5 aromatic rings. The van der Waals surface area contributed by atoms with E-state index in [1.54, 1.807) is 74.5 Å². The molecule has 5 aromatic carbocycles. The normalized spacial score (nSPS) is 12.4. The van der Waals surface area contributed by atoms with Gasteiger partial charge in [-0.2, -0.15) is 0 Å². The van der Waals surface area contributed by atoms with Gasteiger partial charge in [0, 0.05) is 48.3 Å². The van der Waals surface area contributed by atoms with Crippen molar-refractivity contribution in [1.29, 1.82) is 0 Å². The number of hydrogen-bond donors (Lipinski definition) is 8. The van der Waals surface area contributed by atoms with Gasteiger partial charge in [0.2, 0.25) is 80.2 Å². The minimum atomic E-state index is -3.41. The second-order valence-electron chi connectivity index (χ2n) is 43.4. The van der Waals surface area contributed by atoms with E-state index in [1.165, 1.54) is 0 Å². The van der Waals surface area contributed by atoms with Crippen molar-refractivity contribution in [1.82, 2.24) is 37.8 Å². The lowest BCUT2D eigenvalue weighted by molar-refractivity contribution is 0.407. The van der Waals surface area contributed by atoms with Gasteiger partial charge in [0.25, 0.3) is 0 Å². The third-order valence-corrected chi connectivity index (χ3v) is 34.3. The first-order valence-corrected chi connectivity index (χ1v) is 64.9. The largest absolute Gasteiger partial charge is 0.241 e. The van der Waals surface area contributed by atoms with Crippen LogP contribution < -0.4 is 37.8 Å². The Bertz CT molecular complexity index is 5470. The third-order valence-electron chi connectivity index (χ3n) is 17.8. The maximum Gasteiger partial charge on any atom is 0.241 e. The third kappa shape index (κ3) is 84.1. The molecular formula is C104H200N8O20S10. The van der Waals surface area contributed by atoms with Crippen LogP contribution in [-0.2, 0) is 99.9 Å². The number of benzene rings is 5. The van der Waals surface area contributed by atoms with Gasteiger partial charge in [0.15, 0.2) is 19.7 Å². The smallest absolute Gasteiger partial charge is 0.224 e. The number of rotatable bonds is 40. The first-order chi connectivity index (χ1) is 63.0. The average molecular weight is 2200 g/mol. The fourth-order valence-corrected chi connectivity index (χ4v) is 27.2. The van der Waals surface area contributed by atoms with Crippen LogP contribution in [0.4, 0.5) is 0 Å². The highest BCUT2D eigenvalue weighted by Crippen LogP contribution is 2.23. The molecule has 0 bridgehead atoms. The Labute approximate surface area is 871 Å². The van der Waals surface area contributed by atoms with Gasteiger partial charge in [-0.15, -0.1) is 0 Å². The Morgan fingerprint density at radius 2 is 0.423 bits per heavy atom. The fraction of sp³-hybridized carbons (Fsp3) is 0.712. The SMILES string of the molecule is C.C.CCCCCS(=O)(=O)NC(C)(C)C.CCCCCS(=O)(=O)NC(C)C.CCCCCS(=O)(=O)NCC(C)(C)C.CCCCS(=O)(=O)NC(C)(C)C.CCCCS(=O)(=O)NCC(C)(C)C.CCCS(=O)(=O)c1cc(C)cc(C)c1.CCCS(=O)(=O)c1cc(C)cc(C)c1.Cc1cc(C)cc(S(=O)(=O)NC(C)(C)C)c1.Cc1cc(C)cc(S(=O)(=O)NC(C)C)c1.Cc1cc(C)cc(S(=O)(=O)NCC(C)(C)C)c1. The topological polar surface area (TPSA) is 438 Å². The fourth-order valence-electron chi connectivity index (χ4n) is 12.0. The molecule has 0 saturated carbocycles. The van der Waals surface area contributed by atoms with Gasteiger partial charge < -0.3 is 0 Å². The molecule has 8 N–H and O–H groups in total. The van der Waals surface area contributed by atoms with Crippen LogP contribution in [0.15, 0.2) is 115 Å². The van der Waals surface area contributed by atoms with Crippen molar-refractivity contribution in [3.8, 4) is 0 Å². The van der Waals surface area contributed by atoms with Gasteiger partial charge in [-0.05, 0) is 337 Å². The maximum absolute atomic E-state index is 12.1. The average Bonchev–Trinajstić information content (AvgIpc) is 0.834. The summed E-state index contributed by atoms with van der Waals surface area (Å²) in [5.41, 5.74) is 8.53. The molecule has 0 fully saturated rings. The highest BCUT2D eigenvalue weighted by Gasteiger charge is 2.26. The summed E-state index contributed by atoms with van der Waals surface area (Å²) in [5.74, 6) is 1.72. The Morgan fingerprint density at radius 1 is 0.218 bits per heavy atom. The molecule has 0 aliphatic heterocycles. The standard InChI is InChI=1S/C13H21NO2S.C12H19NO2S.C11H17NO2S.2C11H16O2S.C10H23NO2S.2C9H21NO2S.2C8H19NO2S.2CH4/c1-10-6-11(2)8-12(7-10)17(15,16)14-9-13(3,4)5;1-9-6-10(2)8-11(7-9)16(14,15)13-12(3,4)5;1-8(2)12-15(13,14)11-6-9(3)5-10(4)7-11;2*1-4-5-14(12,13)11-7-9(2)6-10(3)8-11;1-5-6-7-8-14(12,13)11-9-10(2,3)4;1-5-6-7-13(11,12)10-8-9(2,3)4;1-5-6-7-8-13(11,12)10-9(2,3)4;1-5-6-7-12(10,11)9-8(2,3)4;1-4-5-6-7-12(10,11)9-8(2)3;;/h6-8,14H,9H2,1-5H3;6-8,13H,1-5H3;5-8,12H,1-4H3;2*6-8H,4-5H2,1-3H3;11H,5-9H2,1-4H3;2*10H,5-8H2,1-4H3;9H,5-7H2,1-4H3;8-9H,4-7H2,1-3H3;2*1H4. The van der Waals surface area contributed by atoms with Crippen LogP contribution in [0.5, 0.6) is 0 Å². The highest BCUT2D eigenvalue weighted by atomic mass is 32.2. The molecule has 0 radical (unpaired) electrons. The zero-order valence-corrected chi connectivity index (χ0v) is 101. The Kier molecular flexibility index (Phi) is 72.9. The van der Waals surface area contributed by atoms with Crippen molar-refractivity contribution in [2.24, 2.45) is 16.2 Å². The molecule has 5 rings (SSSR count). The van der Waals surface area contributed by atoms with Gasteiger partial charge in [0.1, 0.15) is 0 Å². The summed E-state index contributed by atoms with van der Waals surface area (Å²) >= 11 is 0. The molecule has 0 saturated heterocycles. The maximum atomic E-state index is 12.1. The molecule has 0 unspecified atom stereocenters. The van der Waals surface area contributed by atoms with Gasteiger partial charge >= 0.3 is 0 Å². The van der Waals surface area contributed by atoms with E-state index in [2.05, 4.69) is 58.5 Å². The lowest BCUT2D eigenvalue weighted by Crippen LogP contribution is -2.41. The molecule has 38 heteroatoms. The molecule has 836 valence electrons. The van der Waals surface area contributed by atoms with Gasteiger partial charge in [-0.1, -0.05) is 207 Å². The van der Waals surface area contributed by atoms with E-state index in [-0.39, 0.29) is 94.5 Å². The highest BCUT2D eigenvalue weighted by molar-refractivity contribution is 7.92. The lowest BCUT2D eigenvalue weighted by Gasteiger charge is -2.20. The van der Waals surface area contributed by atoms with Gasteiger partial charge in [-0.25, -0.2) is 122 Å². The predicted octanol–water partition coefficient (Wildman–Crippen LogP) is 22.0. The molecule has 0 aliphatic rings. The molecule has 0 spiro atoms. The minimum Gasteiger partial charge on any atom is -0.224 e. The van der Waals surface area contributed by atoms with Crippen LogP contribution in [0.3, 0.4) is 0 Å². The van der Waals surface area contributed by atoms with E-state index in [0.717, 1.165) is 139 Å². The Hall–Kier alpha value is -4.72. The second kappa shape index (κ2) is 68.9. The number of unbranched alkanes of at least 4 members (excludes halogenated alkanes) is 8. The van der Waals surface area contributed by atoms with Crippen molar-refractivity contribution in [3.05, 3.63) is 147 Å². The van der Waals surface area contributed by atoms with E-state index < -0.39 is 105 Å². The van der Waals surface area contributed by atoms with E-state index in [4.69, 9.17) is 0 Å². The summed E-state index contributed by atoms with van der Waals surface area (Å²) in [7, 11) is -31.4. The summed E-state index contributed by atoms with van der Waals surface area (Å²) in [5, 5.41) is 0. The van der Waals surface area contributed by atoms with Crippen LogP contribution in [0.2, 0.25) is 0 Å². The van der Waals surface area contributed by atoms with Crippen LogP contribution in [0.25, 0.3) is 0 Å². The van der Waals surface area contributed by atoms with Crippen molar-refractivity contribution >= 4 is 99.9 Å². The molecule has 0 amide bonds. The molecular weight excluding hydrogens is 2000 g/mol. The van der Waals surface area contributed by atoms with E-state index in [9.17, 15) is 84.2 Å². The quantitative estimate of drug-likeness (QED) is 0.0169. The monoisotopic (exact) mass is 2200 g/mol. The summed E-state index contributed by atoms with van der Waals surface area (Å²) in [6.45, 7) is 76.3. The van der Waals surface area contributed by atoms with Crippen molar-refractivity contribution in [2.75, 3.05) is 59.9 Å². The Balaban J connectivity index is -0.000000285. The van der Waals surface area contributed by atoms with Crippen molar-refractivity contribution in [2.45, 2.75) is 434 Å². The first-order valence-electron chi connectivity index (χ1n) is 48.9. The summed E-state index contributed by atoms with van der Waals surface area (Å²) in [6.07, 6.45) is 13.0. The summed E-state index contributed by atoms with van der Waals surface area (Å²) in [6, 6.07) is 26.8. The molecule has 142 heavy (non-hydrogen) atoms. The van der Waals surface area contributed by atoms with Crippen LogP contribution in [0, 0.1) is 85.5 Å².